The summed E-state index contributed by atoms with van der Waals surface area (Å²) in [6.07, 6.45) is 6.50. The lowest BCUT2D eigenvalue weighted by Crippen LogP contribution is -2.28. The van der Waals surface area contributed by atoms with Gasteiger partial charge in [0.15, 0.2) is 0 Å². The van der Waals surface area contributed by atoms with E-state index in [4.69, 9.17) is 0 Å². The Morgan fingerprint density at radius 2 is 1.91 bits per heavy atom. The third-order valence-electron chi connectivity index (χ3n) is 4.50. The van der Waals surface area contributed by atoms with Gasteiger partial charge in [-0.15, -0.1) is 10.2 Å². The lowest BCUT2D eigenvalue weighted by molar-refractivity contribution is 0.280. The molecule has 5 heteroatoms. The van der Waals surface area contributed by atoms with E-state index in [9.17, 15) is 0 Å². The number of nitrogens with zero attached hydrogens (tertiary/aromatic N) is 4. The molecule has 1 aliphatic rings. The molecule has 0 amide bonds. The number of hydrogen-bond donors (Lipinski definition) is 0. The fraction of sp³-hybridized carbons (Fsp3) is 0.556. The van der Waals surface area contributed by atoms with E-state index in [2.05, 4.69) is 56.3 Å². The van der Waals surface area contributed by atoms with Gasteiger partial charge in [-0.1, -0.05) is 30.3 Å². The molecule has 0 atom stereocenters. The highest BCUT2D eigenvalue weighted by Crippen LogP contribution is 2.12. The van der Waals surface area contributed by atoms with Gasteiger partial charge in [0.1, 0.15) is 11.6 Å². The number of hydrogen-bond acceptors (Lipinski definition) is 4. The van der Waals surface area contributed by atoms with Gasteiger partial charge in [-0.3, -0.25) is 0 Å². The molecule has 3 rings (SSSR count). The summed E-state index contributed by atoms with van der Waals surface area (Å²) in [4.78, 5) is 2.58. The summed E-state index contributed by atoms with van der Waals surface area (Å²) in [5.74, 6) is 3.57. The van der Waals surface area contributed by atoms with Crippen molar-refractivity contribution in [1.29, 1.82) is 0 Å². The van der Waals surface area contributed by atoms with E-state index in [1.54, 1.807) is 0 Å². The van der Waals surface area contributed by atoms with Crippen LogP contribution in [0.5, 0.6) is 0 Å². The predicted molar refractivity (Wildman–Crippen MR) is 97.0 cm³/mol. The summed E-state index contributed by atoms with van der Waals surface area (Å²) in [5, 5.41) is 8.89. The Morgan fingerprint density at radius 1 is 1.04 bits per heavy atom. The van der Waals surface area contributed by atoms with E-state index in [1.165, 1.54) is 30.1 Å². The van der Waals surface area contributed by atoms with Crippen molar-refractivity contribution in [3.05, 3.63) is 47.5 Å². The molecule has 0 spiro atoms. The third kappa shape index (κ3) is 4.58. The maximum atomic E-state index is 4.45. The molecular weight excluding hydrogens is 304 g/mol. The fourth-order valence-electron chi connectivity index (χ4n) is 3.17. The molecule has 4 nitrogen and oxygen atoms in total. The zero-order valence-electron chi connectivity index (χ0n) is 13.9. The van der Waals surface area contributed by atoms with Crippen molar-refractivity contribution in [3.8, 4) is 0 Å². The smallest absolute Gasteiger partial charge is 0.134 e. The summed E-state index contributed by atoms with van der Waals surface area (Å²) < 4.78 is 2.36. The van der Waals surface area contributed by atoms with Crippen molar-refractivity contribution < 1.29 is 0 Å². The molecule has 0 saturated heterocycles. The van der Waals surface area contributed by atoms with Crippen LogP contribution in [0, 0.1) is 0 Å². The second kappa shape index (κ2) is 8.50. The summed E-state index contributed by atoms with van der Waals surface area (Å²) in [6.45, 7) is 4.48. The Labute approximate surface area is 143 Å². The number of benzene rings is 1. The molecule has 0 N–H and O–H groups in total. The molecule has 124 valence electrons. The molecule has 0 aliphatic carbocycles. The first-order valence-electron chi connectivity index (χ1n) is 8.53. The monoisotopic (exact) mass is 330 g/mol. The Morgan fingerprint density at radius 3 is 2.74 bits per heavy atom. The van der Waals surface area contributed by atoms with Gasteiger partial charge in [-0.2, -0.15) is 11.8 Å². The van der Waals surface area contributed by atoms with E-state index >= 15 is 0 Å². The summed E-state index contributed by atoms with van der Waals surface area (Å²) in [6, 6.07) is 10.6. The Bertz CT molecular complexity index is 596. The van der Waals surface area contributed by atoms with Crippen molar-refractivity contribution in [2.75, 3.05) is 31.6 Å². The van der Waals surface area contributed by atoms with Crippen LogP contribution in [-0.4, -0.2) is 51.3 Å². The fourth-order valence-corrected chi connectivity index (χ4v) is 3.59. The molecule has 2 heterocycles. The third-order valence-corrected chi connectivity index (χ3v) is 5.20. The highest BCUT2D eigenvalue weighted by Gasteiger charge is 2.18. The average Bonchev–Trinajstić information content (AvgIpc) is 2.86. The van der Waals surface area contributed by atoms with Crippen LogP contribution < -0.4 is 0 Å². The van der Waals surface area contributed by atoms with Crippen molar-refractivity contribution in [1.82, 2.24) is 19.7 Å². The molecule has 1 aromatic carbocycles. The summed E-state index contributed by atoms with van der Waals surface area (Å²) in [7, 11) is 0. The van der Waals surface area contributed by atoms with Crippen LogP contribution >= 0.6 is 11.8 Å². The average molecular weight is 331 g/mol. The van der Waals surface area contributed by atoms with Gasteiger partial charge in [0.2, 0.25) is 0 Å². The first-order chi connectivity index (χ1) is 11.4. The van der Waals surface area contributed by atoms with Crippen LogP contribution in [0.2, 0.25) is 0 Å². The van der Waals surface area contributed by atoms with Crippen LogP contribution in [0.1, 0.15) is 23.6 Å². The van der Waals surface area contributed by atoms with Gasteiger partial charge in [0.05, 0.1) is 0 Å². The molecule has 1 aliphatic heterocycles. The van der Waals surface area contributed by atoms with Gasteiger partial charge in [-0.05, 0) is 37.0 Å². The van der Waals surface area contributed by atoms with Gasteiger partial charge < -0.3 is 9.47 Å². The van der Waals surface area contributed by atoms with Crippen LogP contribution in [-0.2, 0) is 25.8 Å². The lowest BCUT2D eigenvalue weighted by Gasteiger charge is -2.19. The second-order valence-electron chi connectivity index (χ2n) is 6.11. The number of rotatable bonds is 7. The van der Waals surface area contributed by atoms with Crippen molar-refractivity contribution in [2.45, 2.75) is 32.2 Å². The highest BCUT2D eigenvalue weighted by atomic mass is 32.2. The largest absolute Gasteiger partial charge is 0.314 e. The number of aryl methyl sites for hydroxylation is 2. The maximum Gasteiger partial charge on any atom is 0.134 e. The molecule has 0 fully saturated rings. The van der Waals surface area contributed by atoms with Crippen LogP contribution in [0.25, 0.3) is 0 Å². The molecule has 0 unspecified atom stereocenters. The van der Waals surface area contributed by atoms with Crippen molar-refractivity contribution in [3.63, 3.8) is 0 Å². The minimum absolute atomic E-state index is 0.976. The maximum absolute atomic E-state index is 4.45. The Kier molecular flexibility index (Phi) is 6.11. The standard InChI is InChI=1S/C18H26N4S/c1-23-15-5-11-21-12-10-18-20-19-17(22(18)14-13-21)9-8-16-6-3-2-4-7-16/h2-4,6-7H,5,8-15H2,1H3. The first kappa shape index (κ1) is 16.5. The SMILES string of the molecule is CSCCCN1CCc2nnc(CCc3ccccc3)n2CC1. The minimum Gasteiger partial charge on any atom is -0.314 e. The van der Waals surface area contributed by atoms with Gasteiger partial charge in [-0.25, -0.2) is 0 Å². The van der Waals surface area contributed by atoms with Gasteiger partial charge in [0.25, 0.3) is 0 Å². The topological polar surface area (TPSA) is 34.0 Å². The number of thioether (sulfide) groups is 1. The zero-order valence-corrected chi connectivity index (χ0v) is 14.8. The normalized spacial score (nSPS) is 15.3. The Balaban J connectivity index is 1.57. The van der Waals surface area contributed by atoms with Gasteiger partial charge in [0, 0.05) is 32.5 Å². The Hall–Kier alpha value is -1.33. The zero-order chi connectivity index (χ0) is 15.9. The predicted octanol–water partition coefficient (Wildman–Crippen LogP) is 2.67. The summed E-state index contributed by atoms with van der Waals surface area (Å²) >= 11 is 1.94. The van der Waals surface area contributed by atoms with Crippen molar-refractivity contribution >= 4 is 11.8 Å². The first-order valence-corrected chi connectivity index (χ1v) is 9.92. The molecule has 2 aromatic rings. The number of aromatic nitrogens is 3. The molecule has 23 heavy (non-hydrogen) atoms. The van der Waals surface area contributed by atoms with Crippen molar-refractivity contribution in [2.24, 2.45) is 0 Å². The van der Waals surface area contributed by atoms with Crippen LogP contribution in [0.15, 0.2) is 30.3 Å². The summed E-state index contributed by atoms with van der Waals surface area (Å²) in [5.41, 5.74) is 1.37. The molecule has 0 radical (unpaired) electrons. The second-order valence-corrected chi connectivity index (χ2v) is 7.09. The number of fused-ring (bicyclic) bond motifs is 1. The van der Waals surface area contributed by atoms with Crippen LogP contribution in [0.4, 0.5) is 0 Å². The van der Waals surface area contributed by atoms with E-state index in [1.807, 2.05) is 11.8 Å². The molecule has 0 bridgehead atoms. The molecular formula is C18H26N4S. The van der Waals surface area contributed by atoms with E-state index < -0.39 is 0 Å². The molecule has 0 saturated carbocycles. The van der Waals surface area contributed by atoms with Crippen LogP contribution in [0.3, 0.4) is 0 Å². The minimum atomic E-state index is 0.976. The quantitative estimate of drug-likeness (QED) is 0.731. The van der Waals surface area contributed by atoms with E-state index in [0.29, 0.717) is 0 Å². The van der Waals surface area contributed by atoms with Gasteiger partial charge >= 0.3 is 0 Å². The van der Waals surface area contributed by atoms with E-state index in [0.717, 1.165) is 44.7 Å². The highest BCUT2D eigenvalue weighted by molar-refractivity contribution is 7.98. The van der Waals surface area contributed by atoms with E-state index in [-0.39, 0.29) is 0 Å². The molecule has 1 aromatic heterocycles. The lowest BCUT2D eigenvalue weighted by atomic mass is 10.1.